The van der Waals surface area contributed by atoms with E-state index in [1.54, 1.807) is 25.1 Å². The highest BCUT2D eigenvalue weighted by Gasteiger charge is 2.30. The molecule has 1 atom stereocenters. The number of rotatable bonds is 5. The van der Waals surface area contributed by atoms with Gasteiger partial charge in [-0.3, -0.25) is 4.79 Å². The lowest BCUT2D eigenvalue weighted by Crippen LogP contribution is -2.55. The van der Waals surface area contributed by atoms with E-state index in [9.17, 15) is 4.79 Å². The zero-order valence-electron chi connectivity index (χ0n) is 11.6. The molecule has 1 aromatic carbocycles. The molecule has 0 aliphatic heterocycles. The minimum absolute atomic E-state index is 0.0487. The van der Waals surface area contributed by atoms with Crippen molar-refractivity contribution in [2.24, 2.45) is 10.9 Å². The monoisotopic (exact) mass is 343 g/mol. The first-order valence-corrected chi connectivity index (χ1v) is 6.81. The van der Waals surface area contributed by atoms with Crippen molar-refractivity contribution in [3.05, 3.63) is 28.2 Å². The molecule has 4 N–H and O–H groups in total. The van der Waals surface area contributed by atoms with Crippen LogP contribution in [0.5, 0.6) is 5.75 Å². The molecule has 1 amide bonds. The van der Waals surface area contributed by atoms with Crippen LogP contribution in [0.25, 0.3) is 0 Å². The van der Waals surface area contributed by atoms with Gasteiger partial charge in [-0.1, -0.05) is 12.1 Å². The Morgan fingerprint density at radius 1 is 1.60 bits per heavy atom. The minimum atomic E-state index is -0.922. The van der Waals surface area contributed by atoms with Crippen molar-refractivity contribution in [1.29, 1.82) is 0 Å². The molecular formula is C13H18BrN3O3. The van der Waals surface area contributed by atoms with Gasteiger partial charge in [0, 0.05) is 4.47 Å². The third-order valence-electron chi connectivity index (χ3n) is 3.19. The Morgan fingerprint density at radius 3 is 2.75 bits per heavy atom. The lowest BCUT2D eigenvalue weighted by molar-refractivity contribution is 0.0923. The standard InChI is InChI=1S/C13H18BrN3O3/c1-4-13(2,12(15)17-19)16-11(18)9-7-8(20-3)5-6-10(9)14/h5-7,19H,4H2,1-3H3,(H2,15,17)(H,16,18). The van der Waals surface area contributed by atoms with Crippen molar-refractivity contribution < 1.29 is 14.7 Å². The number of hydrogen-bond donors (Lipinski definition) is 3. The second-order valence-corrected chi connectivity index (χ2v) is 5.33. The number of amidine groups is 1. The van der Waals surface area contributed by atoms with E-state index in [0.717, 1.165) is 0 Å². The maximum Gasteiger partial charge on any atom is 0.253 e. The number of carbonyl (C=O) groups is 1. The fourth-order valence-electron chi connectivity index (χ4n) is 1.57. The summed E-state index contributed by atoms with van der Waals surface area (Å²) in [7, 11) is 1.53. The van der Waals surface area contributed by atoms with Gasteiger partial charge in [-0.2, -0.15) is 0 Å². The predicted octanol–water partition coefficient (Wildman–Crippen LogP) is 2.10. The van der Waals surface area contributed by atoms with Gasteiger partial charge < -0.3 is 21.0 Å². The van der Waals surface area contributed by atoms with Crippen LogP contribution in [-0.2, 0) is 0 Å². The summed E-state index contributed by atoms with van der Waals surface area (Å²) in [6, 6.07) is 5.08. The Balaban J connectivity index is 3.07. The number of amides is 1. The van der Waals surface area contributed by atoms with Crippen molar-refractivity contribution in [3.63, 3.8) is 0 Å². The van der Waals surface area contributed by atoms with Crippen molar-refractivity contribution in [2.75, 3.05) is 7.11 Å². The van der Waals surface area contributed by atoms with E-state index in [2.05, 4.69) is 26.4 Å². The molecule has 0 aromatic heterocycles. The van der Waals surface area contributed by atoms with Gasteiger partial charge >= 0.3 is 0 Å². The molecule has 0 heterocycles. The average Bonchev–Trinajstić information content (AvgIpc) is 2.46. The highest BCUT2D eigenvalue weighted by Crippen LogP contribution is 2.23. The fraction of sp³-hybridized carbons (Fsp3) is 0.385. The number of carbonyl (C=O) groups excluding carboxylic acids is 1. The van der Waals surface area contributed by atoms with Crippen LogP contribution in [-0.4, -0.2) is 29.6 Å². The molecule has 0 saturated carbocycles. The number of hydrogen-bond acceptors (Lipinski definition) is 4. The van der Waals surface area contributed by atoms with Gasteiger partial charge in [-0.05, 0) is 47.5 Å². The number of nitrogens with one attached hydrogen (secondary N) is 1. The number of methoxy groups -OCH3 is 1. The van der Waals surface area contributed by atoms with Crippen LogP contribution in [0.3, 0.4) is 0 Å². The van der Waals surface area contributed by atoms with Crippen LogP contribution < -0.4 is 15.8 Å². The summed E-state index contributed by atoms with van der Waals surface area (Å²) >= 11 is 3.32. The van der Waals surface area contributed by atoms with Crippen molar-refractivity contribution in [3.8, 4) is 5.75 Å². The second-order valence-electron chi connectivity index (χ2n) is 4.47. The van der Waals surface area contributed by atoms with E-state index in [0.29, 0.717) is 22.2 Å². The minimum Gasteiger partial charge on any atom is -0.497 e. The van der Waals surface area contributed by atoms with Crippen molar-refractivity contribution >= 4 is 27.7 Å². The molecule has 20 heavy (non-hydrogen) atoms. The molecule has 1 aromatic rings. The highest BCUT2D eigenvalue weighted by atomic mass is 79.9. The molecule has 0 spiro atoms. The number of oxime groups is 1. The van der Waals surface area contributed by atoms with E-state index in [-0.39, 0.29) is 11.7 Å². The van der Waals surface area contributed by atoms with Crippen LogP contribution in [0.4, 0.5) is 0 Å². The van der Waals surface area contributed by atoms with Gasteiger partial charge in [0.2, 0.25) is 0 Å². The van der Waals surface area contributed by atoms with Crippen LogP contribution >= 0.6 is 15.9 Å². The Kier molecular flexibility index (Phi) is 5.38. The lowest BCUT2D eigenvalue weighted by Gasteiger charge is -2.28. The smallest absolute Gasteiger partial charge is 0.253 e. The molecule has 7 heteroatoms. The number of nitrogens with zero attached hydrogens (tertiary/aromatic N) is 1. The molecular weight excluding hydrogens is 326 g/mol. The van der Waals surface area contributed by atoms with E-state index in [4.69, 9.17) is 15.7 Å². The average molecular weight is 344 g/mol. The molecule has 1 rings (SSSR count). The highest BCUT2D eigenvalue weighted by molar-refractivity contribution is 9.10. The third kappa shape index (κ3) is 3.41. The quantitative estimate of drug-likeness (QED) is 0.330. The lowest BCUT2D eigenvalue weighted by atomic mass is 9.97. The topological polar surface area (TPSA) is 96.9 Å². The van der Waals surface area contributed by atoms with E-state index >= 15 is 0 Å². The summed E-state index contributed by atoms with van der Waals surface area (Å²) in [6.07, 6.45) is 0.482. The van der Waals surface area contributed by atoms with E-state index in [1.165, 1.54) is 7.11 Å². The second kappa shape index (κ2) is 6.60. The Hall–Kier alpha value is -1.76. The summed E-state index contributed by atoms with van der Waals surface area (Å²) < 4.78 is 5.73. The van der Waals surface area contributed by atoms with Crippen LogP contribution in [0.1, 0.15) is 30.6 Å². The van der Waals surface area contributed by atoms with Crippen LogP contribution in [0.2, 0.25) is 0 Å². The number of nitrogens with two attached hydrogens (primary N) is 1. The maximum absolute atomic E-state index is 12.3. The Labute approximate surface area is 126 Å². The Morgan fingerprint density at radius 2 is 2.25 bits per heavy atom. The van der Waals surface area contributed by atoms with Gasteiger partial charge in [-0.15, -0.1) is 0 Å². The van der Waals surface area contributed by atoms with Crippen molar-refractivity contribution in [1.82, 2.24) is 5.32 Å². The molecule has 0 radical (unpaired) electrons. The predicted molar refractivity (Wildman–Crippen MR) is 80.3 cm³/mol. The van der Waals surface area contributed by atoms with E-state index in [1.807, 2.05) is 6.92 Å². The van der Waals surface area contributed by atoms with Gasteiger partial charge in [0.15, 0.2) is 5.84 Å². The fourth-order valence-corrected chi connectivity index (χ4v) is 1.99. The summed E-state index contributed by atoms with van der Waals surface area (Å²) in [6.45, 7) is 3.52. The molecule has 0 saturated heterocycles. The molecule has 6 nitrogen and oxygen atoms in total. The SMILES string of the molecule is CCC(C)(NC(=O)c1cc(OC)ccc1Br)/C(N)=N/O. The largest absolute Gasteiger partial charge is 0.497 e. The molecule has 1 unspecified atom stereocenters. The van der Waals surface area contributed by atoms with Crippen LogP contribution in [0, 0.1) is 0 Å². The summed E-state index contributed by atoms with van der Waals surface area (Å²) in [5, 5.41) is 14.5. The van der Waals surface area contributed by atoms with Crippen molar-refractivity contribution in [2.45, 2.75) is 25.8 Å². The third-order valence-corrected chi connectivity index (χ3v) is 3.88. The zero-order chi connectivity index (χ0) is 15.3. The first-order chi connectivity index (χ1) is 9.37. The molecule has 0 aliphatic carbocycles. The molecule has 0 bridgehead atoms. The van der Waals surface area contributed by atoms with Gasteiger partial charge in [0.05, 0.1) is 18.2 Å². The number of ether oxygens (including phenoxy) is 1. The summed E-state index contributed by atoms with van der Waals surface area (Å²) in [5.41, 5.74) is 5.12. The molecule has 0 aliphatic rings. The molecule has 110 valence electrons. The maximum atomic E-state index is 12.3. The Bertz CT molecular complexity index is 534. The van der Waals surface area contributed by atoms with E-state index < -0.39 is 5.54 Å². The normalized spacial score (nSPS) is 14.5. The first-order valence-electron chi connectivity index (χ1n) is 6.02. The first kappa shape index (κ1) is 16.3. The van der Waals surface area contributed by atoms with Gasteiger partial charge in [-0.25, -0.2) is 0 Å². The number of benzene rings is 1. The zero-order valence-corrected chi connectivity index (χ0v) is 13.2. The summed E-state index contributed by atoms with van der Waals surface area (Å²) in [5.74, 6) is 0.180. The molecule has 0 fully saturated rings. The van der Waals surface area contributed by atoms with Crippen LogP contribution in [0.15, 0.2) is 27.8 Å². The number of halogens is 1. The van der Waals surface area contributed by atoms with Gasteiger partial charge in [0.25, 0.3) is 5.91 Å². The summed E-state index contributed by atoms with van der Waals surface area (Å²) in [4.78, 5) is 12.3. The van der Waals surface area contributed by atoms with Gasteiger partial charge in [0.1, 0.15) is 5.75 Å².